The number of hydrogen-bond donors (Lipinski definition) is 0. The Kier molecular flexibility index (Phi) is 1.78. The highest BCUT2D eigenvalue weighted by Gasteiger charge is 2.17. The first-order chi connectivity index (χ1) is 7.25. The molecule has 0 bridgehead atoms. The first-order valence-electron chi connectivity index (χ1n) is 5.47. The van der Waals surface area contributed by atoms with Gasteiger partial charge in [0, 0.05) is 11.4 Å². The second-order valence-electron chi connectivity index (χ2n) is 4.20. The molecule has 0 aromatic carbocycles. The minimum absolute atomic E-state index is 0.755. The van der Waals surface area contributed by atoms with Crippen molar-refractivity contribution in [3.8, 4) is 0 Å². The quantitative estimate of drug-likeness (QED) is 0.652. The van der Waals surface area contributed by atoms with Crippen LogP contribution in [0, 0.1) is 13.8 Å². The van der Waals surface area contributed by atoms with E-state index in [2.05, 4.69) is 22.0 Å². The van der Waals surface area contributed by atoms with Crippen molar-refractivity contribution in [3.63, 3.8) is 0 Å². The van der Waals surface area contributed by atoms with Crippen LogP contribution in [0.5, 0.6) is 0 Å². The van der Waals surface area contributed by atoms with Gasteiger partial charge in [-0.2, -0.15) is 10.1 Å². The van der Waals surface area contributed by atoms with Crippen molar-refractivity contribution in [2.24, 2.45) is 0 Å². The second-order valence-corrected chi connectivity index (χ2v) is 4.20. The third-order valence-corrected chi connectivity index (χ3v) is 3.12. The van der Waals surface area contributed by atoms with E-state index >= 15 is 0 Å². The van der Waals surface area contributed by atoms with Crippen molar-refractivity contribution >= 4 is 5.78 Å². The Morgan fingerprint density at radius 3 is 2.73 bits per heavy atom. The molecule has 2 aromatic rings. The van der Waals surface area contributed by atoms with Crippen LogP contribution in [0.1, 0.15) is 35.6 Å². The smallest absolute Gasteiger partial charge is 0.216 e. The van der Waals surface area contributed by atoms with Gasteiger partial charge in [-0.25, -0.2) is 9.50 Å². The Labute approximate surface area is 88.4 Å². The topological polar surface area (TPSA) is 43.1 Å². The van der Waals surface area contributed by atoms with Gasteiger partial charge in [-0.1, -0.05) is 0 Å². The van der Waals surface area contributed by atoms with E-state index in [0.29, 0.717) is 0 Å². The fraction of sp³-hybridized carbons (Fsp3) is 0.545. The third kappa shape index (κ3) is 1.24. The van der Waals surface area contributed by atoms with Gasteiger partial charge in [0.15, 0.2) is 0 Å². The summed E-state index contributed by atoms with van der Waals surface area (Å²) in [5.41, 5.74) is 3.84. The average molecular weight is 202 g/mol. The van der Waals surface area contributed by atoms with Gasteiger partial charge in [-0.05, 0) is 45.1 Å². The minimum Gasteiger partial charge on any atom is -0.216 e. The molecule has 4 heteroatoms. The Morgan fingerprint density at radius 1 is 1.07 bits per heavy atom. The van der Waals surface area contributed by atoms with Gasteiger partial charge in [-0.3, -0.25) is 0 Å². The Balaban J connectivity index is 2.35. The maximum atomic E-state index is 4.59. The van der Waals surface area contributed by atoms with E-state index in [9.17, 15) is 0 Å². The van der Waals surface area contributed by atoms with Crippen LogP contribution in [0.15, 0.2) is 0 Å². The Morgan fingerprint density at radius 2 is 1.87 bits per heavy atom. The normalized spacial score (nSPS) is 15.6. The molecule has 0 radical (unpaired) electrons. The zero-order valence-corrected chi connectivity index (χ0v) is 9.12. The molecule has 0 atom stereocenters. The Bertz CT molecular complexity index is 527. The van der Waals surface area contributed by atoms with Gasteiger partial charge in [0.1, 0.15) is 5.82 Å². The monoisotopic (exact) mass is 202 g/mol. The molecule has 15 heavy (non-hydrogen) atoms. The molecule has 0 unspecified atom stereocenters. The largest absolute Gasteiger partial charge is 0.252 e. The van der Waals surface area contributed by atoms with Gasteiger partial charge < -0.3 is 0 Å². The lowest BCUT2D eigenvalue weighted by Gasteiger charge is -2.16. The van der Waals surface area contributed by atoms with E-state index in [0.717, 1.165) is 24.4 Å². The summed E-state index contributed by atoms with van der Waals surface area (Å²) in [5, 5.41) is 4.36. The lowest BCUT2D eigenvalue weighted by atomic mass is 9.95. The van der Waals surface area contributed by atoms with E-state index in [1.807, 2.05) is 11.4 Å². The van der Waals surface area contributed by atoms with Crippen molar-refractivity contribution in [2.75, 3.05) is 0 Å². The van der Waals surface area contributed by atoms with Crippen LogP contribution >= 0.6 is 0 Å². The second kappa shape index (κ2) is 3.02. The summed E-state index contributed by atoms with van der Waals surface area (Å²) < 4.78 is 1.87. The molecule has 0 aliphatic heterocycles. The minimum atomic E-state index is 0.755. The van der Waals surface area contributed by atoms with Crippen molar-refractivity contribution < 1.29 is 0 Å². The summed E-state index contributed by atoms with van der Waals surface area (Å²) in [6.07, 6.45) is 4.76. The molecule has 4 nitrogen and oxygen atoms in total. The summed E-state index contributed by atoms with van der Waals surface area (Å²) in [5.74, 6) is 1.55. The van der Waals surface area contributed by atoms with E-state index in [4.69, 9.17) is 0 Å². The summed E-state index contributed by atoms with van der Waals surface area (Å²) in [6, 6.07) is 0. The summed E-state index contributed by atoms with van der Waals surface area (Å²) in [4.78, 5) is 8.91. The van der Waals surface area contributed by atoms with E-state index in [1.54, 1.807) is 0 Å². The van der Waals surface area contributed by atoms with E-state index < -0.39 is 0 Å². The van der Waals surface area contributed by atoms with E-state index in [-0.39, 0.29) is 0 Å². The van der Waals surface area contributed by atoms with Crippen LogP contribution in [0.25, 0.3) is 5.78 Å². The first-order valence-corrected chi connectivity index (χ1v) is 5.47. The van der Waals surface area contributed by atoms with Crippen molar-refractivity contribution in [3.05, 3.63) is 22.8 Å². The average Bonchev–Trinajstić information content (AvgIpc) is 2.59. The van der Waals surface area contributed by atoms with Crippen molar-refractivity contribution in [2.45, 2.75) is 39.5 Å². The van der Waals surface area contributed by atoms with Crippen molar-refractivity contribution in [1.29, 1.82) is 0 Å². The van der Waals surface area contributed by atoms with Crippen LogP contribution in [0.2, 0.25) is 0 Å². The number of fused-ring (bicyclic) bond motifs is 2. The zero-order valence-electron chi connectivity index (χ0n) is 9.12. The third-order valence-electron chi connectivity index (χ3n) is 3.12. The first kappa shape index (κ1) is 8.83. The van der Waals surface area contributed by atoms with Gasteiger partial charge in [-0.15, -0.1) is 0 Å². The number of nitrogens with zero attached hydrogens (tertiary/aromatic N) is 4. The zero-order chi connectivity index (χ0) is 10.4. The predicted molar refractivity (Wildman–Crippen MR) is 56.9 cm³/mol. The number of hydrogen-bond acceptors (Lipinski definition) is 3. The fourth-order valence-electron chi connectivity index (χ4n) is 2.35. The van der Waals surface area contributed by atoms with Crippen LogP contribution in [-0.4, -0.2) is 19.6 Å². The molecule has 0 saturated carbocycles. The SMILES string of the molecule is Cc1nc2nc3c(c(C)n2n1)CCCC3. The molecule has 2 aromatic heterocycles. The molecule has 0 fully saturated rings. The van der Waals surface area contributed by atoms with E-state index in [1.165, 1.54) is 29.8 Å². The Hall–Kier alpha value is -1.45. The van der Waals surface area contributed by atoms with Gasteiger partial charge in [0.25, 0.3) is 5.78 Å². The molecule has 1 aliphatic rings. The molecule has 2 heterocycles. The molecule has 0 spiro atoms. The standard InChI is InChI=1S/C11H14N4/c1-7-9-5-3-4-6-10(9)13-11-12-8(2)14-15(7)11/h3-6H2,1-2H3. The molecule has 0 saturated heterocycles. The summed E-state index contributed by atoms with van der Waals surface area (Å²) >= 11 is 0. The number of aromatic nitrogens is 4. The fourth-order valence-corrected chi connectivity index (χ4v) is 2.35. The van der Waals surface area contributed by atoms with Crippen LogP contribution in [0.3, 0.4) is 0 Å². The number of aryl methyl sites for hydroxylation is 3. The lowest BCUT2D eigenvalue weighted by Crippen LogP contribution is -2.12. The lowest BCUT2D eigenvalue weighted by molar-refractivity contribution is 0.651. The molecule has 0 amide bonds. The molecule has 1 aliphatic carbocycles. The van der Waals surface area contributed by atoms with Crippen molar-refractivity contribution in [1.82, 2.24) is 19.6 Å². The molecule has 0 N–H and O–H groups in total. The van der Waals surface area contributed by atoms with Gasteiger partial charge in [0.05, 0.1) is 0 Å². The van der Waals surface area contributed by atoms with Crippen LogP contribution in [-0.2, 0) is 12.8 Å². The highest BCUT2D eigenvalue weighted by Crippen LogP contribution is 2.22. The molecular weight excluding hydrogens is 188 g/mol. The predicted octanol–water partition coefficient (Wildman–Crippen LogP) is 1.62. The van der Waals surface area contributed by atoms with Gasteiger partial charge in [0.2, 0.25) is 0 Å². The molecule has 78 valence electrons. The maximum Gasteiger partial charge on any atom is 0.252 e. The summed E-state index contributed by atoms with van der Waals surface area (Å²) in [6.45, 7) is 4.03. The highest BCUT2D eigenvalue weighted by molar-refractivity contribution is 5.38. The number of rotatable bonds is 0. The maximum absolute atomic E-state index is 4.59. The summed E-state index contributed by atoms with van der Waals surface area (Å²) in [7, 11) is 0. The highest BCUT2D eigenvalue weighted by atomic mass is 15.3. The molecular formula is C11H14N4. The van der Waals surface area contributed by atoms with Crippen LogP contribution in [0.4, 0.5) is 0 Å². The van der Waals surface area contributed by atoms with Gasteiger partial charge >= 0.3 is 0 Å². The van der Waals surface area contributed by atoms with Crippen LogP contribution < -0.4 is 0 Å². The molecule has 3 rings (SSSR count).